The number of carbonyl (C=O) groups is 2. The number of unbranched alkanes of at least 4 members (excludes halogenated alkanes) is 8. The molecular weight excluding hydrogens is 300 g/mol. The summed E-state index contributed by atoms with van der Waals surface area (Å²) in [5.74, 6) is 0.391. The SMILES string of the molecule is CCCCCCCCC1C=CC(=O)/C1=C\CCCCCC(=O)OC. The van der Waals surface area contributed by atoms with Gasteiger partial charge in [-0.25, -0.2) is 0 Å². The van der Waals surface area contributed by atoms with E-state index in [0.717, 1.165) is 37.7 Å². The topological polar surface area (TPSA) is 43.4 Å². The van der Waals surface area contributed by atoms with Gasteiger partial charge in [-0.2, -0.15) is 0 Å². The smallest absolute Gasteiger partial charge is 0.305 e. The molecule has 3 nitrogen and oxygen atoms in total. The van der Waals surface area contributed by atoms with Crippen molar-refractivity contribution >= 4 is 11.8 Å². The minimum atomic E-state index is -0.137. The van der Waals surface area contributed by atoms with E-state index < -0.39 is 0 Å². The first-order valence-corrected chi connectivity index (χ1v) is 9.68. The first kappa shape index (κ1) is 20.7. The Hall–Kier alpha value is -1.38. The summed E-state index contributed by atoms with van der Waals surface area (Å²) in [4.78, 5) is 23.0. The van der Waals surface area contributed by atoms with Gasteiger partial charge in [-0.3, -0.25) is 9.59 Å². The van der Waals surface area contributed by atoms with Crippen LogP contribution in [-0.4, -0.2) is 18.9 Å². The van der Waals surface area contributed by atoms with Crippen LogP contribution in [0.25, 0.3) is 0 Å². The molecule has 0 amide bonds. The van der Waals surface area contributed by atoms with Crippen LogP contribution in [0.3, 0.4) is 0 Å². The van der Waals surface area contributed by atoms with E-state index in [9.17, 15) is 9.59 Å². The predicted octanol–water partition coefficient (Wildman–Crippen LogP) is 5.54. The molecule has 1 atom stereocenters. The quantitative estimate of drug-likeness (QED) is 0.252. The van der Waals surface area contributed by atoms with Crippen molar-refractivity contribution in [1.29, 1.82) is 0 Å². The summed E-state index contributed by atoms with van der Waals surface area (Å²) in [7, 11) is 1.43. The number of rotatable bonds is 13. The molecule has 136 valence electrons. The lowest BCUT2D eigenvalue weighted by Gasteiger charge is -2.10. The van der Waals surface area contributed by atoms with Gasteiger partial charge in [0.1, 0.15) is 0 Å². The number of carbonyl (C=O) groups excluding carboxylic acids is 2. The van der Waals surface area contributed by atoms with Gasteiger partial charge in [-0.05, 0) is 31.8 Å². The van der Waals surface area contributed by atoms with Crippen molar-refractivity contribution in [3.63, 3.8) is 0 Å². The van der Waals surface area contributed by atoms with Crippen molar-refractivity contribution in [2.75, 3.05) is 7.11 Å². The molecule has 0 N–H and O–H groups in total. The Morgan fingerprint density at radius 2 is 1.79 bits per heavy atom. The van der Waals surface area contributed by atoms with E-state index in [-0.39, 0.29) is 11.8 Å². The highest BCUT2D eigenvalue weighted by atomic mass is 16.5. The van der Waals surface area contributed by atoms with Crippen molar-refractivity contribution in [2.45, 2.75) is 84.0 Å². The highest BCUT2D eigenvalue weighted by Crippen LogP contribution is 2.27. The minimum absolute atomic E-state index is 0.137. The van der Waals surface area contributed by atoms with E-state index in [1.165, 1.54) is 45.6 Å². The highest BCUT2D eigenvalue weighted by Gasteiger charge is 2.21. The van der Waals surface area contributed by atoms with Gasteiger partial charge in [0.25, 0.3) is 0 Å². The standard InChI is InChI=1S/C21H34O3/c1-3-4-5-6-7-10-13-18-16-17-20(22)19(18)14-11-8-9-12-15-21(23)24-2/h14,16-18H,3-13,15H2,1-2H3/b19-14-. The molecule has 0 radical (unpaired) electrons. The van der Waals surface area contributed by atoms with Gasteiger partial charge in [0.05, 0.1) is 7.11 Å². The Morgan fingerprint density at radius 3 is 2.54 bits per heavy atom. The van der Waals surface area contributed by atoms with Crippen LogP contribution in [0.4, 0.5) is 0 Å². The number of methoxy groups -OCH3 is 1. The Kier molecular flexibility index (Phi) is 11.2. The molecule has 1 rings (SSSR count). The summed E-state index contributed by atoms with van der Waals surface area (Å²) in [6.45, 7) is 2.24. The molecule has 1 unspecified atom stereocenters. The second kappa shape index (κ2) is 13.0. The number of esters is 1. The fourth-order valence-electron chi connectivity index (χ4n) is 3.18. The average molecular weight is 335 g/mol. The van der Waals surface area contributed by atoms with Gasteiger partial charge >= 0.3 is 5.97 Å². The summed E-state index contributed by atoms with van der Waals surface area (Å²) >= 11 is 0. The second-order valence-corrected chi connectivity index (χ2v) is 6.72. The van der Waals surface area contributed by atoms with E-state index >= 15 is 0 Å². The van der Waals surface area contributed by atoms with Gasteiger partial charge in [0.15, 0.2) is 5.78 Å². The van der Waals surface area contributed by atoms with E-state index in [2.05, 4.69) is 23.8 Å². The minimum Gasteiger partial charge on any atom is -0.469 e. The highest BCUT2D eigenvalue weighted by molar-refractivity contribution is 6.07. The number of hydrogen-bond acceptors (Lipinski definition) is 3. The lowest BCUT2D eigenvalue weighted by molar-refractivity contribution is -0.140. The van der Waals surface area contributed by atoms with Crippen LogP contribution >= 0.6 is 0 Å². The third-order valence-corrected chi connectivity index (χ3v) is 4.71. The average Bonchev–Trinajstić information content (AvgIpc) is 2.94. The van der Waals surface area contributed by atoms with Crippen molar-refractivity contribution in [2.24, 2.45) is 5.92 Å². The van der Waals surface area contributed by atoms with Gasteiger partial charge < -0.3 is 4.74 Å². The Morgan fingerprint density at radius 1 is 1.08 bits per heavy atom. The van der Waals surface area contributed by atoms with Crippen LogP contribution in [0, 0.1) is 5.92 Å². The molecule has 1 aliphatic rings. The zero-order chi connectivity index (χ0) is 17.6. The summed E-state index contributed by atoms with van der Waals surface area (Å²) in [6, 6.07) is 0. The third kappa shape index (κ3) is 8.47. The molecule has 0 saturated heterocycles. The van der Waals surface area contributed by atoms with Crippen molar-refractivity contribution in [1.82, 2.24) is 0 Å². The number of allylic oxidation sites excluding steroid dienone is 4. The van der Waals surface area contributed by atoms with E-state index in [4.69, 9.17) is 0 Å². The van der Waals surface area contributed by atoms with E-state index in [1.807, 2.05) is 0 Å². The Labute approximate surface area is 147 Å². The van der Waals surface area contributed by atoms with Crippen molar-refractivity contribution in [3.05, 3.63) is 23.8 Å². The molecule has 0 spiro atoms. The van der Waals surface area contributed by atoms with Crippen LogP contribution in [0.5, 0.6) is 0 Å². The summed E-state index contributed by atoms with van der Waals surface area (Å²) in [5, 5.41) is 0. The maximum Gasteiger partial charge on any atom is 0.305 e. The van der Waals surface area contributed by atoms with Gasteiger partial charge in [0, 0.05) is 17.9 Å². The molecule has 0 bridgehead atoms. The van der Waals surface area contributed by atoms with E-state index in [1.54, 1.807) is 6.08 Å². The van der Waals surface area contributed by atoms with Gasteiger partial charge in [0.2, 0.25) is 0 Å². The molecule has 0 aliphatic heterocycles. The van der Waals surface area contributed by atoms with Crippen molar-refractivity contribution < 1.29 is 14.3 Å². The summed E-state index contributed by atoms with van der Waals surface area (Å²) in [6.07, 6.45) is 19.1. The fraction of sp³-hybridized carbons (Fsp3) is 0.714. The lowest BCUT2D eigenvalue weighted by atomic mass is 9.94. The van der Waals surface area contributed by atoms with Crippen LogP contribution in [0.15, 0.2) is 23.8 Å². The monoisotopic (exact) mass is 334 g/mol. The first-order valence-electron chi connectivity index (χ1n) is 9.68. The summed E-state index contributed by atoms with van der Waals surface area (Å²) < 4.78 is 4.63. The molecule has 0 aromatic heterocycles. The predicted molar refractivity (Wildman–Crippen MR) is 98.8 cm³/mol. The van der Waals surface area contributed by atoms with Crippen LogP contribution in [0.1, 0.15) is 84.0 Å². The van der Waals surface area contributed by atoms with Crippen LogP contribution < -0.4 is 0 Å². The van der Waals surface area contributed by atoms with Gasteiger partial charge in [-0.1, -0.05) is 64.0 Å². The lowest BCUT2D eigenvalue weighted by Crippen LogP contribution is -2.03. The molecule has 3 heteroatoms. The van der Waals surface area contributed by atoms with Gasteiger partial charge in [-0.15, -0.1) is 0 Å². The fourth-order valence-corrected chi connectivity index (χ4v) is 3.18. The van der Waals surface area contributed by atoms with Crippen LogP contribution in [0.2, 0.25) is 0 Å². The van der Waals surface area contributed by atoms with Crippen molar-refractivity contribution in [3.8, 4) is 0 Å². The summed E-state index contributed by atoms with van der Waals surface area (Å²) in [5.41, 5.74) is 0.997. The molecule has 0 aromatic rings. The molecule has 0 saturated carbocycles. The maximum atomic E-state index is 12.0. The third-order valence-electron chi connectivity index (χ3n) is 4.71. The molecule has 0 fully saturated rings. The zero-order valence-corrected chi connectivity index (χ0v) is 15.5. The molecular formula is C21H34O3. The van der Waals surface area contributed by atoms with E-state index in [0.29, 0.717) is 12.3 Å². The first-order chi connectivity index (χ1) is 11.7. The molecule has 1 aliphatic carbocycles. The Bertz CT molecular complexity index is 434. The molecule has 0 heterocycles. The largest absolute Gasteiger partial charge is 0.469 e. The normalized spacial score (nSPS) is 18.5. The molecule has 0 aromatic carbocycles. The zero-order valence-electron chi connectivity index (χ0n) is 15.5. The molecule has 24 heavy (non-hydrogen) atoms. The number of ketones is 1. The number of hydrogen-bond donors (Lipinski definition) is 0. The number of ether oxygens (including phenoxy) is 1. The second-order valence-electron chi connectivity index (χ2n) is 6.72. The Balaban J connectivity index is 2.20. The maximum absolute atomic E-state index is 12.0. The van der Waals surface area contributed by atoms with Crippen LogP contribution in [-0.2, 0) is 14.3 Å².